The number of aliphatic hydroxyl groups is 1. The smallest absolute Gasteiger partial charge is 0.242 e. The van der Waals surface area contributed by atoms with Crippen LogP contribution >= 0.6 is 0 Å². The lowest BCUT2D eigenvalue weighted by atomic mass is 9.96. The zero-order valence-corrected chi connectivity index (χ0v) is 17.1. The number of carbonyl (C=O) groups excluding carboxylic acids is 1. The van der Waals surface area contributed by atoms with Crippen LogP contribution in [0.3, 0.4) is 0 Å². The van der Waals surface area contributed by atoms with E-state index in [9.17, 15) is 9.90 Å². The van der Waals surface area contributed by atoms with Crippen LogP contribution in [-0.4, -0.2) is 50.8 Å². The van der Waals surface area contributed by atoms with Crippen molar-refractivity contribution >= 4 is 5.91 Å². The minimum Gasteiger partial charge on any atom is -0.491 e. The van der Waals surface area contributed by atoms with E-state index in [4.69, 9.17) is 4.74 Å². The fourth-order valence-electron chi connectivity index (χ4n) is 3.64. The summed E-state index contributed by atoms with van der Waals surface area (Å²) in [7, 11) is 0. The van der Waals surface area contributed by atoms with Crippen molar-refractivity contribution in [3.8, 4) is 5.75 Å². The SMILES string of the molecule is CCc1nccn1CC(=O)N1CCCC(O)(COc2ccc(C)c(C)c2)CC1. The molecule has 1 aliphatic heterocycles. The maximum absolute atomic E-state index is 12.7. The number of imidazole rings is 1. The van der Waals surface area contributed by atoms with Gasteiger partial charge in [-0.15, -0.1) is 0 Å². The molecule has 1 amide bonds. The highest BCUT2D eigenvalue weighted by Gasteiger charge is 2.32. The van der Waals surface area contributed by atoms with Crippen LogP contribution in [0.2, 0.25) is 0 Å². The van der Waals surface area contributed by atoms with Crippen LogP contribution in [0, 0.1) is 13.8 Å². The molecule has 2 heterocycles. The summed E-state index contributed by atoms with van der Waals surface area (Å²) >= 11 is 0. The van der Waals surface area contributed by atoms with Gasteiger partial charge in [-0.2, -0.15) is 0 Å². The molecule has 0 bridgehead atoms. The summed E-state index contributed by atoms with van der Waals surface area (Å²) in [6.45, 7) is 7.92. The molecule has 1 aromatic carbocycles. The minimum absolute atomic E-state index is 0.0760. The topological polar surface area (TPSA) is 67.6 Å². The van der Waals surface area contributed by atoms with Gasteiger partial charge in [0.2, 0.25) is 5.91 Å². The molecule has 1 saturated heterocycles. The van der Waals surface area contributed by atoms with Gasteiger partial charge in [-0.05, 0) is 56.4 Å². The highest BCUT2D eigenvalue weighted by atomic mass is 16.5. The molecule has 6 nitrogen and oxygen atoms in total. The molecule has 0 saturated carbocycles. The molecule has 0 aliphatic carbocycles. The number of aryl methyl sites for hydroxylation is 3. The van der Waals surface area contributed by atoms with Crippen molar-refractivity contribution in [2.45, 2.75) is 58.6 Å². The Balaban J connectivity index is 1.55. The molecule has 3 rings (SSSR count). The number of carbonyl (C=O) groups is 1. The van der Waals surface area contributed by atoms with Gasteiger partial charge in [0.25, 0.3) is 0 Å². The second-order valence-corrected chi connectivity index (χ2v) is 7.82. The van der Waals surface area contributed by atoms with Crippen LogP contribution < -0.4 is 4.74 Å². The highest BCUT2D eigenvalue weighted by Crippen LogP contribution is 2.25. The predicted molar refractivity (Wildman–Crippen MR) is 108 cm³/mol. The van der Waals surface area contributed by atoms with Gasteiger partial charge in [0.05, 0.1) is 0 Å². The predicted octanol–water partition coefficient (Wildman–Crippen LogP) is 2.88. The van der Waals surface area contributed by atoms with Crippen LogP contribution in [0.15, 0.2) is 30.6 Å². The standard InChI is InChI=1S/C22H31N3O3/c1-4-20-23-10-13-25(20)15-21(26)24-11-5-8-22(27,9-12-24)16-28-19-7-6-17(2)18(3)14-19/h6-7,10,13-14,27H,4-5,8-9,11-12,15-16H2,1-3H3. The average Bonchev–Trinajstić information content (AvgIpc) is 3.02. The summed E-state index contributed by atoms with van der Waals surface area (Å²) in [5.41, 5.74) is 1.49. The quantitative estimate of drug-likeness (QED) is 0.830. The molecule has 0 spiro atoms. The summed E-state index contributed by atoms with van der Waals surface area (Å²) in [6, 6.07) is 5.97. The number of likely N-dealkylation sites (tertiary alicyclic amines) is 1. The third kappa shape index (κ3) is 4.93. The third-order valence-electron chi connectivity index (χ3n) is 5.68. The lowest BCUT2D eigenvalue weighted by Crippen LogP contribution is -2.39. The molecule has 0 radical (unpaired) electrons. The fourth-order valence-corrected chi connectivity index (χ4v) is 3.64. The normalized spacial score (nSPS) is 20.1. The lowest BCUT2D eigenvalue weighted by molar-refractivity contribution is -0.132. The largest absolute Gasteiger partial charge is 0.491 e. The van der Waals surface area contributed by atoms with Crippen molar-refractivity contribution < 1.29 is 14.6 Å². The molecule has 2 aromatic rings. The first-order valence-electron chi connectivity index (χ1n) is 10.1. The number of nitrogens with zero attached hydrogens (tertiary/aromatic N) is 3. The Morgan fingerprint density at radius 3 is 2.82 bits per heavy atom. The molecular formula is C22H31N3O3. The van der Waals surface area contributed by atoms with Crippen molar-refractivity contribution in [2.24, 2.45) is 0 Å². The average molecular weight is 386 g/mol. The number of amides is 1. The molecule has 1 atom stereocenters. The third-order valence-corrected chi connectivity index (χ3v) is 5.68. The number of aromatic nitrogens is 2. The number of hydrogen-bond acceptors (Lipinski definition) is 4. The second kappa shape index (κ2) is 8.78. The Morgan fingerprint density at radius 2 is 2.07 bits per heavy atom. The Bertz CT molecular complexity index is 817. The summed E-state index contributed by atoms with van der Waals surface area (Å²) in [5, 5.41) is 11.0. The number of benzene rings is 1. The van der Waals surface area contributed by atoms with E-state index < -0.39 is 5.60 Å². The van der Waals surface area contributed by atoms with Crippen LogP contribution in [0.1, 0.15) is 43.1 Å². The minimum atomic E-state index is -0.905. The first-order valence-corrected chi connectivity index (χ1v) is 10.1. The van der Waals surface area contributed by atoms with Gasteiger partial charge in [-0.25, -0.2) is 4.98 Å². The van der Waals surface area contributed by atoms with E-state index in [1.165, 1.54) is 11.1 Å². The number of hydrogen-bond donors (Lipinski definition) is 1. The Morgan fingerprint density at radius 1 is 1.25 bits per heavy atom. The number of ether oxygens (including phenoxy) is 1. The van der Waals surface area contributed by atoms with Gasteiger partial charge in [-0.1, -0.05) is 13.0 Å². The first kappa shape index (κ1) is 20.4. The van der Waals surface area contributed by atoms with Crippen molar-refractivity contribution in [2.75, 3.05) is 19.7 Å². The number of rotatable bonds is 6. The summed E-state index contributed by atoms with van der Waals surface area (Å²) in [6.07, 6.45) is 6.31. The maximum atomic E-state index is 12.7. The van der Waals surface area contributed by atoms with Crippen molar-refractivity contribution in [3.63, 3.8) is 0 Å². The fraction of sp³-hybridized carbons (Fsp3) is 0.545. The molecule has 1 unspecified atom stereocenters. The van der Waals surface area contributed by atoms with Gasteiger partial charge in [0.15, 0.2) is 0 Å². The summed E-state index contributed by atoms with van der Waals surface area (Å²) in [4.78, 5) is 18.8. The molecule has 1 N–H and O–H groups in total. The van der Waals surface area contributed by atoms with Crippen molar-refractivity contribution in [1.29, 1.82) is 0 Å². The van der Waals surface area contributed by atoms with E-state index in [2.05, 4.69) is 18.8 Å². The van der Waals surface area contributed by atoms with Gasteiger partial charge in [0, 0.05) is 31.9 Å². The van der Waals surface area contributed by atoms with E-state index >= 15 is 0 Å². The Hall–Kier alpha value is -2.34. The van der Waals surface area contributed by atoms with Crippen LogP contribution in [0.5, 0.6) is 5.75 Å². The molecule has 6 heteroatoms. The first-order chi connectivity index (χ1) is 13.4. The van der Waals surface area contributed by atoms with E-state index in [0.29, 0.717) is 32.5 Å². The van der Waals surface area contributed by atoms with Crippen LogP contribution in [-0.2, 0) is 17.8 Å². The highest BCUT2D eigenvalue weighted by molar-refractivity contribution is 5.76. The zero-order valence-electron chi connectivity index (χ0n) is 17.1. The summed E-state index contributed by atoms with van der Waals surface area (Å²) < 4.78 is 7.79. The van der Waals surface area contributed by atoms with Crippen molar-refractivity contribution in [3.05, 3.63) is 47.5 Å². The molecule has 1 aliphatic rings. The van der Waals surface area contributed by atoms with Gasteiger partial charge < -0.3 is 19.3 Å². The van der Waals surface area contributed by atoms with E-state index in [1.54, 1.807) is 6.20 Å². The van der Waals surface area contributed by atoms with Crippen LogP contribution in [0.25, 0.3) is 0 Å². The van der Waals surface area contributed by atoms with E-state index in [-0.39, 0.29) is 12.5 Å². The second-order valence-electron chi connectivity index (χ2n) is 7.82. The molecule has 1 aromatic heterocycles. The van der Waals surface area contributed by atoms with Crippen molar-refractivity contribution in [1.82, 2.24) is 14.5 Å². The van der Waals surface area contributed by atoms with E-state index in [1.807, 2.05) is 40.8 Å². The molecule has 1 fully saturated rings. The maximum Gasteiger partial charge on any atom is 0.242 e. The molecular weight excluding hydrogens is 354 g/mol. The summed E-state index contributed by atoms with van der Waals surface area (Å²) in [5.74, 6) is 1.77. The Kier molecular flexibility index (Phi) is 6.39. The van der Waals surface area contributed by atoms with Crippen LogP contribution in [0.4, 0.5) is 0 Å². The Labute approximate surface area is 167 Å². The van der Waals surface area contributed by atoms with E-state index in [0.717, 1.165) is 24.4 Å². The molecule has 152 valence electrons. The van der Waals surface area contributed by atoms with Gasteiger partial charge >= 0.3 is 0 Å². The lowest BCUT2D eigenvalue weighted by Gasteiger charge is -2.27. The van der Waals surface area contributed by atoms with Gasteiger partial charge in [0.1, 0.15) is 30.3 Å². The zero-order chi connectivity index (χ0) is 20.1. The monoisotopic (exact) mass is 385 g/mol. The van der Waals surface area contributed by atoms with Gasteiger partial charge in [-0.3, -0.25) is 4.79 Å². The molecule has 28 heavy (non-hydrogen) atoms.